The van der Waals surface area contributed by atoms with Gasteiger partial charge >= 0.3 is 0 Å². The van der Waals surface area contributed by atoms with Crippen LogP contribution in [0.15, 0.2) is 53.6 Å². The van der Waals surface area contributed by atoms with Gasteiger partial charge in [-0.2, -0.15) is 0 Å². The van der Waals surface area contributed by atoms with Crippen LogP contribution in [0.3, 0.4) is 0 Å². The zero-order chi connectivity index (χ0) is 12.8. The van der Waals surface area contributed by atoms with Gasteiger partial charge < -0.3 is 0 Å². The second kappa shape index (κ2) is 6.55. The van der Waals surface area contributed by atoms with E-state index in [2.05, 4.69) is 61.2 Å². The predicted molar refractivity (Wildman–Crippen MR) is 78.5 cm³/mol. The van der Waals surface area contributed by atoms with Gasteiger partial charge in [0.2, 0.25) is 0 Å². The molecule has 96 valence electrons. The predicted octanol–water partition coefficient (Wildman–Crippen LogP) is 4.18. The maximum atomic E-state index is 2.53. The molecule has 1 heterocycles. The van der Waals surface area contributed by atoms with Gasteiger partial charge in [-0.05, 0) is 29.6 Å². The topological polar surface area (TPSA) is 3.24 Å². The summed E-state index contributed by atoms with van der Waals surface area (Å²) < 4.78 is 0. The van der Waals surface area contributed by atoms with Crippen LogP contribution < -0.4 is 0 Å². The average Bonchev–Trinajstić information content (AvgIpc) is 2.74. The summed E-state index contributed by atoms with van der Waals surface area (Å²) in [6.45, 7) is 7.71. The van der Waals surface area contributed by atoms with Crippen molar-refractivity contribution in [3.8, 4) is 0 Å². The molecule has 0 amide bonds. The summed E-state index contributed by atoms with van der Waals surface area (Å²) in [5.41, 5.74) is 4.48. The Kier molecular flexibility index (Phi) is 4.77. The van der Waals surface area contributed by atoms with Crippen molar-refractivity contribution in [2.75, 3.05) is 13.1 Å². The number of hydrogen-bond acceptors (Lipinski definition) is 1. The molecular formula is C17H23N. The normalized spacial score (nSPS) is 21.0. The van der Waals surface area contributed by atoms with Crippen molar-refractivity contribution in [2.24, 2.45) is 0 Å². The third kappa shape index (κ3) is 3.33. The first-order chi connectivity index (χ1) is 8.83. The minimum Gasteiger partial charge on any atom is -0.291 e. The molecule has 2 rings (SSSR count). The van der Waals surface area contributed by atoms with Crippen molar-refractivity contribution in [2.45, 2.75) is 33.2 Å². The minimum absolute atomic E-state index is 1.06. The van der Waals surface area contributed by atoms with E-state index >= 15 is 0 Å². The summed E-state index contributed by atoms with van der Waals surface area (Å²) in [6, 6.07) is 10.8. The number of allylic oxidation sites excluding steroid dienone is 2. The fraction of sp³-hybridized carbons (Fsp3) is 0.412. The van der Waals surface area contributed by atoms with Gasteiger partial charge in [0.1, 0.15) is 0 Å². The van der Waals surface area contributed by atoms with Crippen molar-refractivity contribution in [3.05, 3.63) is 59.2 Å². The fourth-order valence-electron chi connectivity index (χ4n) is 2.58. The van der Waals surface area contributed by atoms with Crippen molar-refractivity contribution in [3.63, 3.8) is 0 Å². The molecule has 0 radical (unpaired) electrons. The molecule has 0 bridgehead atoms. The second-order valence-electron chi connectivity index (χ2n) is 4.91. The van der Waals surface area contributed by atoms with Gasteiger partial charge in [0, 0.05) is 19.6 Å². The summed E-state index contributed by atoms with van der Waals surface area (Å²) >= 11 is 0. The summed E-state index contributed by atoms with van der Waals surface area (Å²) in [7, 11) is 0. The Labute approximate surface area is 111 Å². The van der Waals surface area contributed by atoms with Crippen molar-refractivity contribution in [1.82, 2.24) is 4.90 Å². The van der Waals surface area contributed by atoms with Crippen LogP contribution in [-0.4, -0.2) is 18.0 Å². The lowest BCUT2D eigenvalue weighted by atomic mass is 10.1. The Bertz CT molecular complexity index is 406. The molecule has 1 nitrogen and oxygen atoms in total. The first kappa shape index (κ1) is 13.1. The Balaban J connectivity index is 2.05. The second-order valence-corrected chi connectivity index (χ2v) is 4.91. The maximum Gasteiger partial charge on any atom is 0.0240 e. The number of rotatable bonds is 4. The Morgan fingerprint density at radius 3 is 2.00 bits per heavy atom. The van der Waals surface area contributed by atoms with Crippen molar-refractivity contribution >= 4 is 0 Å². The summed E-state index contributed by atoms with van der Waals surface area (Å²) in [4.78, 5) is 2.53. The third-order valence-corrected chi connectivity index (χ3v) is 3.35. The highest BCUT2D eigenvalue weighted by Crippen LogP contribution is 2.24. The SMILES string of the molecule is CC/C=C1\CN(Cc2ccccc2)C\C1=C/CC. The smallest absolute Gasteiger partial charge is 0.0240 e. The van der Waals surface area contributed by atoms with E-state index in [-0.39, 0.29) is 0 Å². The number of nitrogens with zero attached hydrogens (tertiary/aromatic N) is 1. The molecular weight excluding hydrogens is 218 g/mol. The van der Waals surface area contributed by atoms with Crippen molar-refractivity contribution in [1.29, 1.82) is 0 Å². The standard InChI is InChI=1S/C17H23N/c1-3-8-16-13-18(14-17(16)9-4-2)12-15-10-6-5-7-11-15/h5-11H,3-4,12-14H2,1-2H3/b16-8+,17-9+. The Hall–Kier alpha value is -1.34. The van der Waals surface area contributed by atoms with E-state index in [1.54, 1.807) is 0 Å². The van der Waals surface area contributed by atoms with E-state index in [1.807, 2.05) is 0 Å². The van der Waals surface area contributed by atoms with Gasteiger partial charge in [0.25, 0.3) is 0 Å². The van der Waals surface area contributed by atoms with Crippen LogP contribution >= 0.6 is 0 Å². The molecule has 1 fully saturated rings. The molecule has 1 saturated heterocycles. The highest BCUT2D eigenvalue weighted by molar-refractivity contribution is 5.38. The minimum atomic E-state index is 1.06. The van der Waals surface area contributed by atoms with Crippen LogP contribution in [0.2, 0.25) is 0 Å². The molecule has 1 aromatic carbocycles. The molecule has 0 aliphatic carbocycles. The fourth-order valence-corrected chi connectivity index (χ4v) is 2.58. The molecule has 1 heteroatoms. The van der Waals surface area contributed by atoms with E-state index in [9.17, 15) is 0 Å². The molecule has 0 atom stereocenters. The maximum absolute atomic E-state index is 2.53. The molecule has 18 heavy (non-hydrogen) atoms. The first-order valence-electron chi connectivity index (χ1n) is 6.98. The van der Waals surface area contributed by atoms with Crippen LogP contribution in [-0.2, 0) is 6.54 Å². The Morgan fingerprint density at radius 2 is 1.50 bits per heavy atom. The lowest BCUT2D eigenvalue weighted by Crippen LogP contribution is -2.18. The van der Waals surface area contributed by atoms with Gasteiger partial charge in [0.15, 0.2) is 0 Å². The molecule has 0 spiro atoms. The molecule has 1 aromatic rings. The van der Waals surface area contributed by atoms with Crippen LogP contribution in [0.5, 0.6) is 0 Å². The van der Waals surface area contributed by atoms with Gasteiger partial charge in [-0.15, -0.1) is 0 Å². The monoisotopic (exact) mass is 241 g/mol. The van der Waals surface area contributed by atoms with Gasteiger partial charge in [-0.3, -0.25) is 4.90 Å². The van der Waals surface area contributed by atoms with E-state index in [0.29, 0.717) is 0 Å². The third-order valence-electron chi connectivity index (χ3n) is 3.35. The molecule has 0 N–H and O–H groups in total. The van der Waals surface area contributed by atoms with Gasteiger partial charge in [-0.1, -0.05) is 56.3 Å². The number of benzene rings is 1. The van der Waals surface area contributed by atoms with E-state index < -0.39 is 0 Å². The lowest BCUT2D eigenvalue weighted by molar-refractivity contribution is 0.347. The van der Waals surface area contributed by atoms with Crippen LogP contribution in [0.4, 0.5) is 0 Å². The van der Waals surface area contributed by atoms with Crippen molar-refractivity contribution < 1.29 is 0 Å². The van der Waals surface area contributed by atoms with Crippen LogP contribution in [0.25, 0.3) is 0 Å². The first-order valence-corrected chi connectivity index (χ1v) is 6.98. The molecule has 1 aliphatic rings. The van der Waals surface area contributed by atoms with E-state index in [4.69, 9.17) is 0 Å². The number of hydrogen-bond donors (Lipinski definition) is 0. The highest BCUT2D eigenvalue weighted by atomic mass is 15.1. The van der Waals surface area contributed by atoms with Crippen LogP contribution in [0, 0.1) is 0 Å². The number of likely N-dealkylation sites (tertiary alicyclic amines) is 1. The van der Waals surface area contributed by atoms with Crippen LogP contribution in [0.1, 0.15) is 32.3 Å². The highest BCUT2D eigenvalue weighted by Gasteiger charge is 2.20. The zero-order valence-electron chi connectivity index (χ0n) is 11.5. The molecule has 0 aromatic heterocycles. The summed E-state index contributed by atoms with van der Waals surface area (Å²) in [6.07, 6.45) is 7.03. The Morgan fingerprint density at radius 1 is 0.944 bits per heavy atom. The molecule has 0 unspecified atom stereocenters. The lowest BCUT2D eigenvalue weighted by Gasteiger charge is -2.13. The largest absolute Gasteiger partial charge is 0.291 e. The summed E-state index contributed by atoms with van der Waals surface area (Å²) in [5.74, 6) is 0. The quantitative estimate of drug-likeness (QED) is 0.764. The summed E-state index contributed by atoms with van der Waals surface area (Å²) in [5, 5.41) is 0. The zero-order valence-corrected chi connectivity index (χ0v) is 11.5. The average molecular weight is 241 g/mol. The van der Waals surface area contributed by atoms with E-state index in [1.165, 1.54) is 16.7 Å². The molecule has 0 saturated carbocycles. The molecule has 1 aliphatic heterocycles. The van der Waals surface area contributed by atoms with E-state index in [0.717, 1.165) is 32.5 Å². The van der Waals surface area contributed by atoms with Gasteiger partial charge in [0.05, 0.1) is 0 Å². The van der Waals surface area contributed by atoms with Gasteiger partial charge in [-0.25, -0.2) is 0 Å².